The predicted molar refractivity (Wildman–Crippen MR) is 85.2 cm³/mol. The maximum atomic E-state index is 12.9. The number of carbonyl (C=O) groups is 2. The lowest BCUT2D eigenvalue weighted by atomic mass is 10.0. The van der Waals surface area contributed by atoms with Crippen LogP contribution >= 0.6 is 15.9 Å². The molecule has 0 aliphatic carbocycles. The van der Waals surface area contributed by atoms with Crippen LogP contribution in [0.25, 0.3) is 0 Å². The molecule has 3 rings (SSSR count). The average Bonchev–Trinajstić information content (AvgIpc) is 2.59. The van der Waals surface area contributed by atoms with E-state index in [4.69, 9.17) is 0 Å². The van der Waals surface area contributed by atoms with Crippen molar-refractivity contribution < 1.29 is 9.59 Å². The van der Waals surface area contributed by atoms with Crippen molar-refractivity contribution in [3.8, 4) is 0 Å². The normalized spacial score (nSPS) is 23.0. The lowest BCUT2D eigenvalue weighted by Gasteiger charge is -2.34. The smallest absolute Gasteiger partial charge is 0.249 e. The average molecular weight is 351 g/mol. The third kappa shape index (κ3) is 2.71. The summed E-state index contributed by atoms with van der Waals surface area (Å²) in [6, 6.07) is 5.65. The van der Waals surface area contributed by atoms with Crippen LogP contribution < -0.4 is 4.90 Å². The molecule has 0 spiro atoms. The summed E-state index contributed by atoms with van der Waals surface area (Å²) < 4.78 is 1.00. The fraction of sp³-hybridized carbons (Fsp3) is 0.500. The van der Waals surface area contributed by atoms with Crippen molar-refractivity contribution in [1.82, 2.24) is 4.90 Å². The second-order valence-electron chi connectivity index (χ2n) is 5.77. The molecule has 1 atom stereocenters. The van der Waals surface area contributed by atoms with Gasteiger partial charge in [0, 0.05) is 29.7 Å². The summed E-state index contributed by atoms with van der Waals surface area (Å²) in [5.74, 6) is 0.191. The van der Waals surface area contributed by atoms with E-state index in [2.05, 4.69) is 15.9 Å². The summed E-state index contributed by atoms with van der Waals surface area (Å²) in [5.41, 5.74) is 1.97. The molecule has 1 aromatic carbocycles. The van der Waals surface area contributed by atoms with Gasteiger partial charge in [0.2, 0.25) is 11.8 Å². The first kappa shape index (κ1) is 14.6. The number of fused-ring (bicyclic) bond motifs is 1. The van der Waals surface area contributed by atoms with Gasteiger partial charge in [0.05, 0.1) is 0 Å². The van der Waals surface area contributed by atoms with Gasteiger partial charge in [0.15, 0.2) is 0 Å². The maximum absolute atomic E-state index is 12.9. The Morgan fingerprint density at radius 2 is 2.00 bits per heavy atom. The standard InChI is InChI=1S/C16H19BrN2O2/c1-11-10-12(17)5-6-13(11)19-9-7-15(20)18-8-3-2-4-14(18)16(19)21/h5-6,10,14H,2-4,7-9H2,1H3. The minimum Gasteiger partial charge on any atom is -0.331 e. The summed E-state index contributed by atoms with van der Waals surface area (Å²) in [6.45, 7) is 3.20. The highest BCUT2D eigenvalue weighted by Crippen LogP contribution is 2.29. The molecule has 0 radical (unpaired) electrons. The van der Waals surface area contributed by atoms with Crippen molar-refractivity contribution in [3.05, 3.63) is 28.2 Å². The number of aryl methyl sites for hydroxylation is 1. The monoisotopic (exact) mass is 350 g/mol. The molecule has 0 bridgehead atoms. The number of nitrogens with zero attached hydrogens (tertiary/aromatic N) is 2. The molecule has 1 aromatic rings. The SMILES string of the molecule is Cc1cc(Br)ccc1N1CCC(=O)N2CCCCC2C1=O. The van der Waals surface area contributed by atoms with Gasteiger partial charge in [0.1, 0.15) is 6.04 Å². The zero-order valence-corrected chi connectivity index (χ0v) is 13.7. The summed E-state index contributed by atoms with van der Waals surface area (Å²) in [4.78, 5) is 28.7. The van der Waals surface area contributed by atoms with E-state index in [0.717, 1.165) is 41.5 Å². The van der Waals surface area contributed by atoms with E-state index < -0.39 is 0 Å². The summed E-state index contributed by atoms with van der Waals surface area (Å²) in [7, 11) is 0. The van der Waals surface area contributed by atoms with E-state index in [1.54, 1.807) is 9.80 Å². The number of piperidine rings is 1. The van der Waals surface area contributed by atoms with Gasteiger partial charge in [-0.25, -0.2) is 0 Å². The lowest BCUT2D eigenvalue weighted by Crippen LogP contribution is -2.50. The molecule has 1 unspecified atom stereocenters. The van der Waals surface area contributed by atoms with E-state index in [1.807, 2.05) is 25.1 Å². The van der Waals surface area contributed by atoms with Crippen molar-refractivity contribution in [2.45, 2.75) is 38.6 Å². The van der Waals surface area contributed by atoms with Gasteiger partial charge < -0.3 is 9.80 Å². The van der Waals surface area contributed by atoms with Gasteiger partial charge >= 0.3 is 0 Å². The molecular formula is C16H19BrN2O2. The van der Waals surface area contributed by atoms with E-state index >= 15 is 0 Å². The van der Waals surface area contributed by atoms with Crippen molar-refractivity contribution in [2.24, 2.45) is 0 Å². The summed E-state index contributed by atoms with van der Waals surface area (Å²) in [5, 5.41) is 0. The second-order valence-corrected chi connectivity index (χ2v) is 6.69. The molecular weight excluding hydrogens is 332 g/mol. The minimum absolute atomic E-state index is 0.0750. The highest BCUT2D eigenvalue weighted by atomic mass is 79.9. The molecule has 0 saturated carbocycles. The van der Waals surface area contributed by atoms with Crippen molar-refractivity contribution in [1.29, 1.82) is 0 Å². The second kappa shape index (κ2) is 5.79. The number of halogens is 1. The quantitative estimate of drug-likeness (QED) is 0.781. The molecule has 2 amide bonds. The maximum Gasteiger partial charge on any atom is 0.249 e. The van der Waals surface area contributed by atoms with Crippen LogP contribution in [0.1, 0.15) is 31.2 Å². The Kier molecular flexibility index (Phi) is 4.02. The summed E-state index contributed by atoms with van der Waals surface area (Å²) >= 11 is 3.45. The molecule has 21 heavy (non-hydrogen) atoms. The number of hydrogen-bond donors (Lipinski definition) is 0. The number of carbonyl (C=O) groups excluding carboxylic acids is 2. The van der Waals surface area contributed by atoms with E-state index in [0.29, 0.717) is 13.0 Å². The van der Waals surface area contributed by atoms with Crippen molar-refractivity contribution >= 4 is 33.4 Å². The van der Waals surface area contributed by atoms with Gasteiger partial charge in [-0.05, 0) is 49.9 Å². The number of amides is 2. The fourth-order valence-electron chi connectivity index (χ4n) is 3.29. The molecule has 2 aliphatic rings. The van der Waals surface area contributed by atoms with Crippen LogP contribution in [0.4, 0.5) is 5.69 Å². The van der Waals surface area contributed by atoms with Crippen LogP contribution in [0.3, 0.4) is 0 Å². The first-order valence-corrected chi connectivity index (χ1v) is 8.24. The summed E-state index contributed by atoms with van der Waals surface area (Å²) in [6.07, 6.45) is 3.23. The minimum atomic E-state index is -0.267. The molecule has 5 heteroatoms. The molecule has 112 valence electrons. The molecule has 2 saturated heterocycles. The topological polar surface area (TPSA) is 40.6 Å². The Morgan fingerprint density at radius 3 is 2.76 bits per heavy atom. The number of benzene rings is 1. The largest absolute Gasteiger partial charge is 0.331 e. The highest BCUT2D eigenvalue weighted by Gasteiger charge is 2.38. The van der Waals surface area contributed by atoms with Crippen LogP contribution in [0.15, 0.2) is 22.7 Å². The Labute approximate surface area is 133 Å². The Morgan fingerprint density at radius 1 is 1.19 bits per heavy atom. The third-order valence-electron chi connectivity index (χ3n) is 4.37. The van der Waals surface area contributed by atoms with Crippen molar-refractivity contribution in [3.63, 3.8) is 0 Å². The van der Waals surface area contributed by atoms with E-state index in [9.17, 15) is 9.59 Å². The number of rotatable bonds is 1. The molecule has 2 aliphatic heterocycles. The first-order chi connectivity index (χ1) is 10.1. The molecule has 0 aromatic heterocycles. The number of anilines is 1. The molecule has 4 nitrogen and oxygen atoms in total. The van der Waals surface area contributed by atoms with Crippen LogP contribution in [0.5, 0.6) is 0 Å². The fourth-order valence-corrected chi connectivity index (χ4v) is 3.76. The van der Waals surface area contributed by atoms with Gasteiger partial charge in [-0.2, -0.15) is 0 Å². The van der Waals surface area contributed by atoms with Gasteiger partial charge in [0.25, 0.3) is 0 Å². The predicted octanol–water partition coefficient (Wildman–Crippen LogP) is 2.88. The molecule has 2 fully saturated rings. The Balaban J connectivity index is 1.95. The van der Waals surface area contributed by atoms with Gasteiger partial charge in [-0.15, -0.1) is 0 Å². The zero-order chi connectivity index (χ0) is 15.0. The first-order valence-electron chi connectivity index (χ1n) is 7.45. The Hall–Kier alpha value is -1.36. The zero-order valence-electron chi connectivity index (χ0n) is 12.1. The van der Waals surface area contributed by atoms with Crippen LogP contribution in [-0.4, -0.2) is 35.8 Å². The van der Waals surface area contributed by atoms with E-state index in [1.165, 1.54) is 0 Å². The van der Waals surface area contributed by atoms with Gasteiger partial charge in [-0.3, -0.25) is 9.59 Å². The highest BCUT2D eigenvalue weighted by molar-refractivity contribution is 9.10. The molecule has 0 N–H and O–H groups in total. The van der Waals surface area contributed by atoms with Crippen LogP contribution in [0.2, 0.25) is 0 Å². The number of hydrogen-bond acceptors (Lipinski definition) is 2. The van der Waals surface area contributed by atoms with Gasteiger partial charge in [-0.1, -0.05) is 15.9 Å². The Bertz CT molecular complexity index is 588. The molecule has 2 heterocycles. The van der Waals surface area contributed by atoms with Crippen molar-refractivity contribution in [2.75, 3.05) is 18.0 Å². The third-order valence-corrected chi connectivity index (χ3v) is 4.87. The van der Waals surface area contributed by atoms with Crippen LogP contribution in [-0.2, 0) is 9.59 Å². The van der Waals surface area contributed by atoms with Crippen LogP contribution in [0, 0.1) is 6.92 Å². The lowest BCUT2D eigenvalue weighted by molar-refractivity contribution is -0.138. The van der Waals surface area contributed by atoms with E-state index in [-0.39, 0.29) is 17.9 Å².